The minimum Gasteiger partial charge on any atom is -0.497 e. The van der Waals surface area contributed by atoms with Crippen molar-refractivity contribution >= 4 is 23.6 Å². The quantitative estimate of drug-likeness (QED) is 0.772. The molecule has 1 heterocycles. The number of carboxylic acids is 1. The number of aliphatic carboxylic acids is 1. The molecule has 1 aromatic rings. The van der Waals surface area contributed by atoms with Crippen LogP contribution in [0.2, 0.25) is 0 Å². The molecule has 2 N–H and O–H groups in total. The standard InChI is InChI=1S/C15H19NO5S/c1-20-11-2-4-12(5-3-11)22-10-13(17)16-15(14(18)19)6-8-21-9-7-15/h2-5H,6-10H2,1H3,(H,16,17)(H,18,19). The molecule has 0 aliphatic carbocycles. The molecule has 6 nitrogen and oxygen atoms in total. The molecule has 1 amide bonds. The fraction of sp³-hybridized carbons (Fsp3) is 0.467. The summed E-state index contributed by atoms with van der Waals surface area (Å²) in [6, 6.07) is 7.35. The van der Waals surface area contributed by atoms with Crippen molar-refractivity contribution in [1.82, 2.24) is 5.32 Å². The van der Waals surface area contributed by atoms with Crippen molar-refractivity contribution in [2.24, 2.45) is 0 Å². The maximum absolute atomic E-state index is 12.1. The minimum absolute atomic E-state index is 0.169. The molecule has 120 valence electrons. The second-order valence-electron chi connectivity index (χ2n) is 5.01. The molecule has 0 spiro atoms. The van der Waals surface area contributed by atoms with Gasteiger partial charge in [0.15, 0.2) is 0 Å². The van der Waals surface area contributed by atoms with Crippen molar-refractivity contribution in [2.45, 2.75) is 23.3 Å². The Bertz CT molecular complexity index is 525. The minimum atomic E-state index is -1.20. The largest absolute Gasteiger partial charge is 0.497 e. The molecular formula is C15H19NO5S. The number of amides is 1. The maximum Gasteiger partial charge on any atom is 0.329 e. The molecule has 1 saturated heterocycles. The summed E-state index contributed by atoms with van der Waals surface area (Å²) >= 11 is 1.35. The first kappa shape index (κ1) is 16.6. The number of nitrogens with one attached hydrogen (secondary N) is 1. The van der Waals surface area contributed by atoms with Gasteiger partial charge in [-0.2, -0.15) is 0 Å². The van der Waals surface area contributed by atoms with E-state index < -0.39 is 11.5 Å². The molecule has 1 aliphatic rings. The lowest BCUT2D eigenvalue weighted by molar-refractivity contribution is -0.151. The van der Waals surface area contributed by atoms with Gasteiger partial charge in [0, 0.05) is 31.0 Å². The zero-order chi connectivity index (χ0) is 16.0. The molecule has 2 rings (SSSR count). The lowest BCUT2D eigenvalue weighted by Crippen LogP contribution is -2.57. The van der Waals surface area contributed by atoms with Crippen LogP contribution in [-0.4, -0.2) is 48.6 Å². The third-order valence-corrected chi connectivity index (χ3v) is 4.58. The van der Waals surface area contributed by atoms with Crippen LogP contribution in [0.3, 0.4) is 0 Å². The van der Waals surface area contributed by atoms with Crippen LogP contribution in [0.15, 0.2) is 29.2 Å². The van der Waals surface area contributed by atoms with Crippen LogP contribution >= 0.6 is 11.8 Å². The Balaban J connectivity index is 1.89. The van der Waals surface area contributed by atoms with Crippen molar-refractivity contribution < 1.29 is 24.2 Å². The van der Waals surface area contributed by atoms with Crippen LogP contribution in [0.5, 0.6) is 5.75 Å². The molecule has 7 heteroatoms. The third-order valence-electron chi connectivity index (χ3n) is 3.56. The molecule has 0 atom stereocenters. The van der Waals surface area contributed by atoms with E-state index >= 15 is 0 Å². The molecule has 1 aliphatic heterocycles. The fourth-order valence-electron chi connectivity index (χ4n) is 2.24. The Morgan fingerprint density at radius 2 is 1.95 bits per heavy atom. The van der Waals surface area contributed by atoms with Crippen LogP contribution in [-0.2, 0) is 14.3 Å². The molecule has 0 radical (unpaired) electrons. The summed E-state index contributed by atoms with van der Waals surface area (Å²) in [5, 5.41) is 12.1. The Hall–Kier alpha value is -1.73. The first-order valence-electron chi connectivity index (χ1n) is 6.95. The highest BCUT2D eigenvalue weighted by Crippen LogP contribution is 2.23. The van der Waals surface area contributed by atoms with Gasteiger partial charge in [-0.3, -0.25) is 4.79 Å². The average Bonchev–Trinajstić information content (AvgIpc) is 2.54. The van der Waals surface area contributed by atoms with E-state index in [1.54, 1.807) is 7.11 Å². The molecule has 0 bridgehead atoms. The van der Waals surface area contributed by atoms with Gasteiger partial charge in [0.1, 0.15) is 11.3 Å². The highest BCUT2D eigenvalue weighted by molar-refractivity contribution is 8.00. The van der Waals surface area contributed by atoms with Crippen LogP contribution in [0.25, 0.3) is 0 Å². The normalized spacial score (nSPS) is 16.8. The third kappa shape index (κ3) is 4.14. The molecule has 1 aromatic carbocycles. The fourth-order valence-corrected chi connectivity index (χ4v) is 2.93. The summed E-state index contributed by atoms with van der Waals surface area (Å²) in [5.74, 6) is -0.369. The number of rotatable bonds is 6. The summed E-state index contributed by atoms with van der Waals surface area (Å²) in [4.78, 5) is 24.4. The number of ether oxygens (including phenoxy) is 2. The zero-order valence-electron chi connectivity index (χ0n) is 12.3. The second-order valence-corrected chi connectivity index (χ2v) is 6.06. The van der Waals surface area contributed by atoms with Crippen molar-refractivity contribution in [1.29, 1.82) is 0 Å². The number of hydrogen-bond acceptors (Lipinski definition) is 5. The van der Waals surface area contributed by atoms with Crippen LogP contribution in [0.4, 0.5) is 0 Å². The number of benzene rings is 1. The van der Waals surface area contributed by atoms with Gasteiger partial charge in [-0.25, -0.2) is 4.79 Å². The van der Waals surface area contributed by atoms with Gasteiger partial charge in [0.25, 0.3) is 0 Å². The monoisotopic (exact) mass is 325 g/mol. The lowest BCUT2D eigenvalue weighted by atomic mass is 9.90. The molecule has 22 heavy (non-hydrogen) atoms. The highest BCUT2D eigenvalue weighted by atomic mass is 32.2. The first-order chi connectivity index (χ1) is 10.6. The number of methoxy groups -OCH3 is 1. The number of carbonyl (C=O) groups excluding carboxylic acids is 1. The van der Waals surface area contributed by atoms with Crippen molar-refractivity contribution in [3.63, 3.8) is 0 Å². The van der Waals surface area contributed by atoms with E-state index in [0.717, 1.165) is 10.6 Å². The van der Waals surface area contributed by atoms with E-state index in [-0.39, 0.29) is 11.7 Å². The van der Waals surface area contributed by atoms with Crippen molar-refractivity contribution in [2.75, 3.05) is 26.1 Å². The Morgan fingerprint density at radius 1 is 1.32 bits per heavy atom. The number of hydrogen-bond donors (Lipinski definition) is 2. The van der Waals surface area contributed by atoms with Gasteiger partial charge in [0.05, 0.1) is 12.9 Å². The average molecular weight is 325 g/mol. The summed E-state index contributed by atoms with van der Waals surface area (Å²) in [5.41, 5.74) is -1.20. The Kier molecular flexibility index (Phi) is 5.68. The topological polar surface area (TPSA) is 84.9 Å². The SMILES string of the molecule is COc1ccc(SCC(=O)NC2(C(=O)O)CCOCC2)cc1. The highest BCUT2D eigenvalue weighted by Gasteiger charge is 2.41. The van der Waals surface area contributed by atoms with Gasteiger partial charge < -0.3 is 19.9 Å². The van der Waals surface area contributed by atoms with Crippen molar-refractivity contribution in [3.05, 3.63) is 24.3 Å². The van der Waals surface area contributed by atoms with Crippen molar-refractivity contribution in [3.8, 4) is 5.75 Å². The molecule has 0 aromatic heterocycles. The zero-order valence-corrected chi connectivity index (χ0v) is 13.1. The van der Waals surface area contributed by atoms with Gasteiger partial charge in [-0.05, 0) is 24.3 Å². The summed E-state index contributed by atoms with van der Waals surface area (Å²) in [6.45, 7) is 0.691. The lowest BCUT2D eigenvalue weighted by Gasteiger charge is -2.33. The van der Waals surface area contributed by atoms with Crippen LogP contribution in [0.1, 0.15) is 12.8 Å². The van der Waals surface area contributed by atoms with E-state index in [1.807, 2.05) is 24.3 Å². The molecule has 0 unspecified atom stereocenters. The van der Waals surface area contributed by atoms with E-state index in [2.05, 4.69) is 5.32 Å². The van der Waals surface area contributed by atoms with E-state index in [0.29, 0.717) is 26.1 Å². The van der Waals surface area contributed by atoms with Gasteiger partial charge >= 0.3 is 5.97 Å². The Labute approximate surface area is 133 Å². The van der Waals surface area contributed by atoms with Gasteiger partial charge in [0.2, 0.25) is 5.91 Å². The van der Waals surface area contributed by atoms with Crippen LogP contribution < -0.4 is 10.1 Å². The number of thioether (sulfide) groups is 1. The smallest absolute Gasteiger partial charge is 0.329 e. The number of carboxylic acid groups (broad SMARTS) is 1. The van der Waals surface area contributed by atoms with Crippen LogP contribution in [0, 0.1) is 0 Å². The predicted molar refractivity (Wildman–Crippen MR) is 82.3 cm³/mol. The van der Waals surface area contributed by atoms with E-state index in [4.69, 9.17) is 9.47 Å². The van der Waals surface area contributed by atoms with E-state index in [9.17, 15) is 14.7 Å². The summed E-state index contributed by atoms with van der Waals surface area (Å²) in [7, 11) is 1.59. The van der Waals surface area contributed by atoms with E-state index in [1.165, 1.54) is 11.8 Å². The first-order valence-corrected chi connectivity index (χ1v) is 7.93. The predicted octanol–water partition coefficient (Wildman–Crippen LogP) is 1.54. The maximum atomic E-state index is 12.1. The summed E-state index contributed by atoms with van der Waals surface area (Å²) < 4.78 is 10.2. The Morgan fingerprint density at radius 3 is 2.50 bits per heavy atom. The molecule has 1 fully saturated rings. The number of carbonyl (C=O) groups is 2. The molecule has 0 saturated carbocycles. The summed E-state index contributed by atoms with van der Waals surface area (Å²) in [6.07, 6.45) is 0.586. The van der Waals surface area contributed by atoms with Gasteiger partial charge in [-0.1, -0.05) is 0 Å². The molecular weight excluding hydrogens is 306 g/mol. The second kappa shape index (κ2) is 7.51. The van der Waals surface area contributed by atoms with Gasteiger partial charge in [-0.15, -0.1) is 11.8 Å².